The summed E-state index contributed by atoms with van der Waals surface area (Å²) in [6, 6.07) is 6.31. The van der Waals surface area contributed by atoms with E-state index in [0.717, 1.165) is 19.3 Å². The van der Waals surface area contributed by atoms with E-state index in [-0.39, 0.29) is 22.9 Å². The molecule has 1 aromatic carbocycles. The standard InChI is InChI=1S/C14H21N3O3S.ClH/c15-8-9-16-14(18)12-6-2-3-7-13(12)21(19,20)17-10-4-1-5-11-17;/h2-3,6-7H,1,4-5,8-11,15H2,(H,16,18);1H. The maximum Gasteiger partial charge on any atom is 0.252 e. The predicted octanol–water partition coefficient (Wildman–Crippen LogP) is 0.971. The normalized spacial score (nSPS) is 15.9. The number of hydrogen-bond donors (Lipinski definition) is 2. The Hall–Kier alpha value is -1.15. The number of halogens is 1. The van der Waals surface area contributed by atoms with Crippen molar-refractivity contribution in [3.05, 3.63) is 29.8 Å². The number of nitrogens with zero attached hydrogens (tertiary/aromatic N) is 1. The maximum absolute atomic E-state index is 12.7. The summed E-state index contributed by atoms with van der Waals surface area (Å²) in [6.07, 6.45) is 2.77. The summed E-state index contributed by atoms with van der Waals surface area (Å²) in [6.45, 7) is 1.66. The smallest absolute Gasteiger partial charge is 0.252 e. The topological polar surface area (TPSA) is 92.5 Å². The first-order valence-corrected chi connectivity index (χ1v) is 8.59. The number of benzene rings is 1. The predicted molar refractivity (Wildman–Crippen MR) is 87.7 cm³/mol. The second kappa shape index (κ2) is 8.47. The summed E-state index contributed by atoms with van der Waals surface area (Å²) in [5.74, 6) is -0.406. The summed E-state index contributed by atoms with van der Waals surface area (Å²) < 4.78 is 26.9. The highest BCUT2D eigenvalue weighted by Crippen LogP contribution is 2.23. The SMILES string of the molecule is Cl.NCCNC(=O)c1ccccc1S(=O)(=O)N1CCCCC1. The Morgan fingerprint density at radius 1 is 1.18 bits per heavy atom. The summed E-state index contributed by atoms with van der Waals surface area (Å²) in [4.78, 5) is 12.2. The number of nitrogens with one attached hydrogen (secondary N) is 1. The first-order valence-electron chi connectivity index (χ1n) is 7.15. The van der Waals surface area contributed by atoms with Crippen LogP contribution in [0, 0.1) is 0 Å². The second-order valence-electron chi connectivity index (χ2n) is 5.01. The molecule has 3 N–H and O–H groups in total. The van der Waals surface area contributed by atoms with Gasteiger partial charge in [-0.3, -0.25) is 4.79 Å². The highest BCUT2D eigenvalue weighted by atomic mass is 35.5. The minimum Gasteiger partial charge on any atom is -0.351 e. The number of carbonyl (C=O) groups excluding carboxylic acids is 1. The number of sulfonamides is 1. The van der Waals surface area contributed by atoms with Gasteiger partial charge in [-0.1, -0.05) is 18.6 Å². The van der Waals surface area contributed by atoms with Crippen LogP contribution in [-0.2, 0) is 10.0 Å². The molecule has 8 heteroatoms. The van der Waals surface area contributed by atoms with E-state index < -0.39 is 15.9 Å². The first-order chi connectivity index (χ1) is 10.1. The van der Waals surface area contributed by atoms with Crippen LogP contribution in [-0.4, -0.2) is 44.8 Å². The number of hydrogen-bond acceptors (Lipinski definition) is 4. The Morgan fingerprint density at radius 2 is 1.82 bits per heavy atom. The molecule has 1 aliphatic rings. The van der Waals surface area contributed by atoms with Gasteiger partial charge < -0.3 is 11.1 Å². The molecule has 0 radical (unpaired) electrons. The molecule has 0 unspecified atom stereocenters. The Labute approximate surface area is 137 Å². The molecule has 6 nitrogen and oxygen atoms in total. The van der Waals surface area contributed by atoms with E-state index in [4.69, 9.17) is 5.73 Å². The molecule has 0 spiro atoms. The van der Waals surface area contributed by atoms with Gasteiger partial charge >= 0.3 is 0 Å². The second-order valence-corrected chi connectivity index (χ2v) is 6.91. The molecule has 2 rings (SSSR count). The van der Waals surface area contributed by atoms with Crippen LogP contribution in [0.3, 0.4) is 0 Å². The van der Waals surface area contributed by atoms with Gasteiger partial charge in [-0.2, -0.15) is 4.31 Å². The van der Waals surface area contributed by atoms with Gasteiger partial charge in [-0.25, -0.2) is 8.42 Å². The summed E-state index contributed by atoms with van der Waals surface area (Å²) >= 11 is 0. The fourth-order valence-corrected chi connectivity index (χ4v) is 4.11. The molecule has 0 saturated carbocycles. The lowest BCUT2D eigenvalue weighted by atomic mass is 10.2. The summed E-state index contributed by atoms with van der Waals surface area (Å²) in [7, 11) is -3.62. The van der Waals surface area contributed by atoms with Gasteiger partial charge in [-0.15, -0.1) is 12.4 Å². The molecule has 1 fully saturated rings. The third-order valence-electron chi connectivity index (χ3n) is 3.49. The van der Waals surface area contributed by atoms with Gasteiger partial charge in [0.25, 0.3) is 5.91 Å². The fraction of sp³-hybridized carbons (Fsp3) is 0.500. The maximum atomic E-state index is 12.7. The zero-order valence-electron chi connectivity index (χ0n) is 12.3. The molecule has 1 aromatic rings. The first kappa shape index (κ1) is 18.9. The van der Waals surface area contributed by atoms with Crippen molar-refractivity contribution in [2.75, 3.05) is 26.2 Å². The monoisotopic (exact) mass is 347 g/mol. The Kier molecular flexibility index (Phi) is 7.28. The van der Waals surface area contributed by atoms with Crippen LogP contribution < -0.4 is 11.1 Å². The molecule has 22 heavy (non-hydrogen) atoms. The number of piperidine rings is 1. The van der Waals surface area contributed by atoms with E-state index in [1.807, 2.05) is 0 Å². The Balaban J connectivity index is 0.00000242. The van der Waals surface area contributed by atoms with E-state index in [1.165, 1.54) is 16.4 Å². The van der Waals surface area contributed by atoms with Gasteiger partial charge in [0.1, 0.15) is 0 Å². The summed E-state index contributed by atoms with van der Waals surface area (Å²) in [5, 5.41) is 2.62. The largest absolute Gasteiger partial charge is 0.351 e. The molecule has 1 saturated heterocycles. The molecule has 0 atom stereocenters. The van der Waals surface area contributed by atoms with Crippen LogP contribution in [0.1, 0.15) is 29.6 Å². The lowest BCUT2D eigenvalue weighted by Crippen LogP contribution is -2.37. The molecular formula is C14H22ClN3O3S. The zero-order valence-corrected chi connectivity index (χ0v) is 14.0. The Bertz CT molecular complexity index is 601. The molecule has 1 heterocycles. The van der Waals surface area contributed by atoms with E-state index in [1.54, 1.807) is 12.1 Å². The third-order valence-corrected chi connectivity index (χ3v) is 5.45. The van der Waals surface area contributed by atoms with E-state index in [2.05, 4.69) is 5.32 Å². The van der Waals surface area contributed by atoms with Crippen LogP contribution in [0.5, 0.6) is 0 Å². The lowest BCUT2D eigenvalue weighted by molar-refractivity contribution is 0.0951. The van der Waals surface area contributed by atoms with Crippen LogP contribution >= 0.6 is 12.4 Å². The third kappa shape index (κ3) is 4.19. The number of rotatable bonds is 5. The molecular weight excluding hydrogens is 326 g/mol. The average molecular weight is 348 g/mol. The highest BCUT2D eigenvalue weighted by Gasteiger charge is 2.29. The average Bonchev–Trinajstić information content (AvgIpc) is 2.53. The molecule has 1 amide bonds. The Morgan fingerprint density at radius 3 is 2.45 bits per heavy atom. The van der Waals surface area contributed by atoms with E-state index in [0.29, 0.717) is 26.2 Å². The summed E-state index contributed by atoms with van der Waals surface area (Å²) in [5.41, 5.74) is 5.53. The van der Waals surface area contributed by atoms with Crippen molar-refractivity contribution in [1.82, 2.24) is 9.62 Å². The molecule has 0 aliphatic carbocycles. The van der Waals surface area contributed by atoms with Gasteiger partial charge in [0.15, 0.2) is 0 Å². The van der Waals surface area contributed by atoms with Crippen LogP contribution in [0.2, 0.25) is 0 Å². The highest BCUT2D eigenvalue weighted by molar-refractivity contribution is 7.89. The molecule has 0 bridgehead atoms. The number of amides is 1. The number of carbonyl (C=O) groups is 1. The van der Waals surface area contributed by atoms with Crippen molar-refractivity contribution in [3.8, 4) is 0 Å². The van der Waals surface area contributed by atoms with Crippen molar-refractivity contribution >= 4 is 28.3 Å². The van der Waals surface area contributed by atoms with Crippen molar-refractivity contribution in [2.24, 2.45) is 5.73 Å². The minimum absolute atomic E-state index is 0. The molecule has 1 aliphatic heterocycles. The van der Waals surface area contributed by atoms with Crippen molar-refractivity contribution < 1.29 is 13.2 Å². The molecule has 0 aromatic heterocycles. The van der Waals surface area contributed by atoms with Crippen LogP contribution in [0.4, 0.5) is 0 Å². The van der Waals surface area contributed by atoms with E-state index >= 15 is 0 Å². The van der Waals surface area contributed by atoms with Gasteiger partial charge in [0, 0.05) is 26.2 Å². The van der Waals surface area contributed by atoms with Gasteiger partial charge in [0.05, 0.1) is 10.5 Å². The molecule has 124 valence electrons. The van der Waals surface area contributed by atoms with Crippen LogP contribution in [0.15, 0.2) is 29.2 Å². The van der Waals surface area contributed by atoms with Crippen molar-refractivity contribution in [3.63, 3.8) is 0 Å². The van der Waals surface area contributed by atoms with Crippen molar-refractivity contribution in [2.45, 2.75) is 24.2 Å². The lowest BCUT2D eigenvalue weighted by Gasteiger charge is -2.26. The fourth-order valence-electron chi connectivity index (χ4n) is 2.40. The van der Waals surface area contributed by atoms with Gasteiger partial charge in [-0.05, 0) is 25.0 Å². The van der Waals surface area contributed by atoms with Gasteiger partial charge in [0.2, 0.25) is 10.0 Å². The minimum atomic E-state index is -3.62. The quantitative estimate of drug-likeness (QED) is 0.830. The van der Waals surface area contributed by atoms with E-state index in [9.17, 15) is 13.2 Å². The van der Waals surface area contributed by atoms with Crippen LogP contribution in [0.25, 0.3) is 0 Å². The zero-order chi connectivity index (χ0) is 15.3. The number of nitrogens with two attached hydrogens (primary N) is 1. The van der Waals surface area contributed by atoms with Crippen molar-refractivity contribution in [1.29, 1.82) is 0 Å².